The Labute approximate surface area is 144 Å². The highest BCUT2D eigenvalue weighted by Gasteiger charge is 2.20. The standard InChI is InChI=1S/C19H16ClFN2O/c20-16-13-15(8-9-17(16)21)22-19(24)18(23-10-4-5-11-23)12-14-6-2-1-3-7-14/h1-11,13,18H,12H2,(H,22,24). The van der Waals surface area contributed by atoms with Crippen LogP contribution in [0.15, 0.2) is 73.1 Å². The minimum atomic E-state index is -0.513. The summed E-state index contributed by atoms with van der Waals surface area (Å²) < 4.78 is 15.1. The molecule has 1 unspecified atom stereocenters. The highest BCUT2D eigenvalue weighted by atomic mass is 35.5. The van der Waals surface area contributed by atoms with E-state index in [2.05, 4.69) is 5.32 Å². The van der Waals surface area contributed by atoms with Crippen LogP contribution in [0.1, 0.15) is 11.6 Å². The number of hydrogen-bond donors (Lipinski definition) is 1. The molecule has 0 aliphatic heterocycles. The van der Waals surface area contributed by atoms with Crippen molar-refractivity contribution in [3.63, 3.8) is 0 Å². The Morgan fingerprint density at radius 3 is 2.46 bits per heavy atom. The van der Waals surface area contributed by atoms with Crippen LogP contribution in [-0.2, 0) is 11.2 Å². The number of rotatable bonds is 5. The first-order valence-electron chi connectivity index (χ1n) is 7.56. The molecule has 1 atom stereocenters. The Balaban J connectivity index is 1.82. The van der Waals surface area contributed by atoms with Gasteiger partial charge in [0.15, 0.2) is 0 Å². The van der Waals surface area contributed by atoms with Crippen LogP contribution in [0.3, 0.4) is 0 Å². The van der Waals surface area contributed by atoms with Gasteiger partial charge in [-0.05, 0) is 35.9 Å². The smallest absolute Gasteiger partial charge is 0.247 e. The Kier molecular flexibility index (Phi) is 4.96. The molecule has 0 aliphatic carbocycles. The van der Waals surface area contributed by atoms with Gasteiger partial charge in [-0.3, -0.25) is 4.79 Å². The van der Waals surface area contributed by atoms with Gasteiger partial charge in [0.2, 0.25) is 5.91 Å². The number of amides is 1. The fourth-order valence-electron chi connectivity index (χ4n) is 2.53. The van der Waals surface area contributed by atoms with Crippen molar-refractivity contribution < 1.29 is 9.18 Å². The Hall–Kier alpha value is -2.59. The molecule has 0 spiro atoms. The van der Waals surface area contributed by atoms with E-state index in [1.165, 1.54) is 18.2 Å². The van der Waals surface area contributed by atoms with Crippen LogP contribution in [0.4, 0.5) is 10.1 Å². The van der Waals surface area contributed by atoms with Gasteiger partial charge in [0.25, 0.3) is 0 Å². The molecule has 0 radical (unpaired) electrons. The summed E-state index contributed by atoms with van der Waals surface area (Å²) in [7, 11) is 0. The average molecular weight is 343 g/mol. The number of aromatic nitrogens is 1. The normalized spacial score (nSPS) is 11.9. The molecule has 3 rings (SSSR count). The summed E-state index contributed by atoms with van der Waals surface area (Å²) in [5, 5.41) is 2.79. The Morgan fingerprint density at radius 2 is 1.79 bits per heavy atom. The zero-order valence-corrected chi connectivity index (χ0v) is 13.6. The molecule has 1 aromatic heterocycles. The third-order valence-corrected chi connectivity index (χ3v) is 4.04. The number of nitrogens with zero attached hydrogens (tertiary/aromatic N) is 1. The minimum Gasteiger partial charge on any atom is -0.342 e. The van der Waals surface area contributed by atoms with E-state index in [1.807, 2.05) is 59.4 Å². The number of hydrogen-bond acceptors (Lipinski definition) is 1. The second-order valence-electron chi connectivity index (χ2n) is 5.45. The summed E-state index contributed by atoms with van der Waals surface area (Å²) in [6.45, 7) is 0. The van der Waals surface area contributed by atoms with Gasteiger partial charge in [0.1, 0.15) is 11.9 Å². The SMILES string of the molecule is O=C(Nc1ccc(F)c(Cl)c1)C(Cc1ccccc1)n1cccc1. The average Bonchev–Trinajstić information content (AvgIpc) is 3.11. The van der Waals surface area contributed by atoms with Crippen LogP contribution in [0.5, 0.6) is 0 Å². The highest BCUT2D eigenvalue weighted by Crippen LogP contribution is 2.22. The minimum absolute atomic E-state index is 0.0200. The molecule has 1 heterocycles. The van der Waals surface area contributed by atoms with Crippen molar-refractivity contribution in [1.82, 2.24) is 4.57 Å². The van der Waals surface area contributed by atoms with Crippen molar-refractivity contribution >= 4 is 23.2 Å². The van der Waals surface area contributed by atoms with Gasteiger partial charge in [-0.1, -0.05) is 41.9 Å². The maximum absolute atomic E-state index is 13.3. The summed E-state index contributed by atoms with van der Waals surface area (Å²) in [5.41, 5.74) is 1.53. The molecule has 0 aliphatic rings. The van der Waals surface area contributed by atoms with Crippen molar-refractivity contribution in [2.75, 3.05) is 5.32 Å². The lowest BCUT2D eigenvalue weighted by molar-refractivity contribution is -0.119. The van der Waals surface area contributed by atoms with Crippen molar-refractivity contribution in [3.05, 3.63) is 89.5 Å². The fraction of sp³-hybridized carbons (Fsp3) is 0.105. The predicted octanol–water partition coefficient (Wildman–Crippen LogP) is 4.70. The molecule has 24 heavy (non-hydrogen) atoms. The molecular formula is C19H16ClFN2O. The van der Waals surface area contributed by atoms with Crippen LogP contribution in [0, 0.1) is 5.82 Å². The van der Waals surface area contributed by atoms with E-state index in [0.29, 0.717) is 12.1 Å². The first-order chi connectivity index (χ1) is 11.6. The lowest BCUT2D eigenvalue weighted by atomic mass is 10.0. The lowest BCUT2D eigenvalue weighted by Crippen LogP contribution is -2.27. The predicted molar refractivity (Wildman–Crippen MR) is 93.7 cm³/mol. The molecule has 0 bridgehead atoms. The number of halogens is 2. The zero-order valence-electron chi connectivity index (χ0n) is 12.8. The van der Waals surface area contributed by atoms with Crippen molar-refractivity contribution in [3.8, 4) is 0 Å². The fourth-order valence-corrected chi connectivity index (χ4v) is 2.71. The van der Waals surface area contributed by atoms with Crippen molar-refractivity contribution in [2.45, 2.75) is 12.5 Å². The van der Waals surface area contributed by atoms with Gasteiger partial charge in [-0.2, -0.15) is 0 Å². The number of anilines is 1. The van der Waals surface area contributed by atoms with Crippen LogP contribution in [-0.4, -0.2) is 10.5 Å². The number of benzene rings is 2. The van der Waals surface area contributed by atoms with E-state index >= 15 is 0 Å². The molecule has 1 amide bonds. The molecule has 5 heteroatoms. The van der Waals surface area contributed by atoms with Crippen LogP contribution in [0.25, 0.3) is 0 Å². The lowest BCUT2D eigenvalue weighted by Gasteiger charge is -2.19. The molecule has 0 saturated carbocycles. The first-order valence-corrected chi connectivity index (χ1v) is 7.93. The van der Waals surface area contributed by atoms with E-state index in [9.17, 15) is 9.18 Å². The van der Waals surface area contributed by atoms with Gasteiger partial charge in [-0.15, -0.1) is 0 Å². The third-order valence-electron chi connectivity index (χ3n) is 3.75. The van der Waals surface area contributed by atoms with Gasteiger partial charge < -0.3 is 9.88 Å². The van der Waals surface area contributed by atoms with Gasteiger partial charge in [0.05, 0.1) is 5.02 Å². The highest BCUT2D eigenvalue weighted by molar-refractivity contribution is 6.31. The zero-order chi connectivity index (χ0) is 16.9. The molecule has 2 aromatic carbocycles. The monoisotopic (exact) mass is 342 g/mol. The summed E-state index contributed by atoms with van der Waals surface area (Å²) in [6.07, 6.45) is 4.26. The quantitative estimate of drug-likeness (QED) is 0.716. The summed E-state index contributed by atoms with van der Waals surface area (Å²) in [4.78, 5) is 12.7. The summed E-state index contributed by atoms with van der Waals surface area (Å²) in [5.74, 6) is -0.696. The van der Waals surface area contributed by atoms with E-state index in [4.69, 9.17) is 11.6 Å². The van der Waals surface area contributed by atoms with Crippen molar-refractivity contribution in [1.29, 1.82) is 0 Å². The van der Waals surface area contributed by atoms with E-state index < -0.39 is 11.9 Å². The van der Waals surface area contributed by atoms with Gasteiger partial charge in [-0.25, -0.2) is 4.39 Å². The van der Waals surface area contributed by atoms with Crippen LogP contribution < -0.4 is 5.32 Å². The molecular weight excluding hydrogens is 327 g/mol. The molecule has 1 N–H and O–H groups in total. The van der Waals surface area contributed by atoms with Crippen LogP contribution >= 0.6 is 11.6 Å². The number of carbonyl (C=O) groups is 1. The van der Waals surface area contributed by atoms with Crippen molar-refractivity contribution in [2.24, 2.45) is 0 Å². The number of carbonyl (C=O) groups excluding carboxylic acids is 1. The molecule has 0 fully saturated rings. The molecule has 3 aromatic rings. The summed E-state index contributed by atoms with van der Waals surface area (Å²) in [6, 6.07) is 17.3. The van der Waals surface area contributed by atoms with Crippen LogP contribution in [0.2, 0.25) is 5.02 Å². The van der Waals surface area contributed by atoms with E-state index in [1.54, 1.807) is 0 Å². The molecule has 122 valence electrons. The maximum atomic E-state index is 13.3. The largest absolute Gasteiger partial charge is 0.342 e. The maximum Gasteiger partial charge on any atom is 0.247 e. The summed E-state index contributed by atoms with van der Waals surface area (Å²) >= 11 is 5.77. The second kappa shape index (κ2) is 7.32. The third kappa shape index (κ3) is 3.84. The molecule has 0 saturated heterocycles. The molecule has 3 nitrogen and oxygen atoms in total. The number of nitrogens with one attached hydrogen (secondary N) is 1. The Bertz CT molecular complexity index is 819. The topological polar surface area (TPSA) is 34.0 Å². The Morgan fingerprint density at radius 1 is 1.08 bits per heavy atom. The second-order valence-corrected chi connectivity index (χ2v) is 5.86. The van der Waals surface area contributed by atoms with Gasteiger partial charge >= 0.3 is 0 Å². The van der Waals surface area contributed by atoms with E-state index in [-0.39, 0.29) is 10.9 Å². The van der Waals surface area contributed by atoms with Gasteiger partial charge in [0, 0.05) is 24.5 Å². The van der Waals surface area contributed by atoms with E-state index in [0.717, 1.165) is 5.56 Å². The first kappa shape index (κ1) is 16.3.